The summed E-state index contributed by atoms with van der Waals surface area (Å²) in [5.41, 5.74) is 1.96. The van der Waals surface area contributed by atoms with E-state index in [0.717, 1.165) is 22.7 Å². The Bertz CT molecular complexity index is 1420. The van der Waals surface area contributed by atoms with Gasteiger partial charge < -0.3 is 18.9 Å². The summed E-state index contributed by atoms with van der Waals surface area (Å²) in [6.07, 6.45) is 3.40. The van der Waals surface area contributed by atoms with Gasteiger partial charge in [-0.05, 0) is 37.6 Å². The van der Waals surface area contributed by atoms with E-state index in [-0.39, 0.29) is 19.3 Å². The van der Waals surface area contributed by atoms with Gasteiger partial charge >= 0.3 is 12.0 Å². The van der Waals surface area contributed by atoms with Crippen molar-refractivity contribution in [2.45, 2.75) is 46.3 Å². The van der Waals surface area contributed by atoms with Crippen LogP contribution in [0.4, 0.5) is 0 Å². The van der Waals surface area contributed by atoms with Crippen LogP contribution < -0.4 is 9.47 Å². The van der Waals surface area contributed by atoms with Crippen LogP contribution in [-0.2, 0) is 21.0 Å². The molecule has 0 aliphatic rings. The van der Waals surface area contributed by atoms with Gasteiger partial charge in [-0.25, -0.2) is 9.97 Å². The van der Waals surface area contributed by atoms with Crippen LogP contribution in [0.5, 0.6) is 17.8 Å². The molecule has 1 aromatic carbocycles. The molecule has 11 heteroatoms. The third-order valence-corrected chi connectivity index (χ3v) is 7.92. The predicted octanol–water partition coefficient (Wildman–Crippen LogP) is 6.08. The lowest BCUT2D eigenvalue weighted by Gasteiger charge is -2.21. The summed E-state index contributed by atoms with van der Waals surface area (Å²) in [7, 11) is 0.153. The Labute approximate surface area is 241 Å². The van der Waals surface area contributed by atoms with E-state index in [2.05, 4.69) is 39.7 Å². The molecule has 0 radical (unpaired) electrons. The minimum atomic E-state index is -1.21. The Morgan fingerprint density at radius 3 is 2.29 bits per heavy atom. The van der Waals surface area contributed by atoms with Crippen LogP contribution in [-0.4, -0.2) is 59.1 Å². The minimum absolute atomic E-state index is 0.162. The number of rotatable bonds is 13. The zero-order valence-corrected chi connectivity index (χ0v) is 25.5. The first-order chi connectivity index (χ1) is 19.5. The van der Waals surface area contributed by atoms with E-state index in [1.165, 1.54) is 7.11 Å². The number of carbonyl (C=O) groups excluding carboxylic acids is 1. The van der Waals surface area contributed by atoms with Gasteiger partial charge in [0.1, 0.15) is 13.3 Å². The number of ether oxygens (including phenoxy) is 4. The monoisotopic (exact) mass is 575 g/mol. The fourth-order valence-corrected chi connectivity index (χ4v) is 4.43. The number of methoxy groups -OCH3 is 1. The van der Waals surface area contributed by atoms with Gasteiger partial charge in [0.15, 0.2) is 5.82 Å². The first-order valence-electron chi connectivity index (χ1n) is 13.4. The fraction of sp³-hybridized carbons (Fsp3) is 0.367. The lowest BCUT2D eigenvalue weighted by Crippen LogP contribution is -2.32. The number of aromatic nitrogens is 5. The first-order valence-corrected chi connectivity index (χ1v) is 17.1. The molecule has 4 rings (SSSR count). The van der Waals surface area contributed by atoms with Crippen molar-refractivity contribution >= 4 is 14.0 Å². The van der Waals surface area contributed by atoms with Crippen molar-refractivity contribution in [2.75, 3.05) is 20.3 Å². The van der Waals surface area contributed by atoms with Crippen LogP contribution in [0.2, 0.25) is 25.7 Å². The Kier molecular flexibility index (Phi) is 9.51. The lowest BCUT2D eigenvalue weighted by atomic mass is 9.95. The molecule has 0 N–H and O–H groups in total. The van der Waals surface area contributed by atoms with Gasteiger partial charge in [-0.1, -0.05) is 50.0 Å². The molecule has 0 aliphatic heterocycles. The van der Waals surface area contributed by atoms with Gasteiger partial charge in [-0.2, -0.15) is 9.67 Å². The Balaban J connectivity index is 1.46. The molecule has 3 aromatic heterocycles. The Morgan fingerprint density at radius 2 is 1.66 bits per heavy atom. The number of pyridine rings is 2. The molecule has 0 aliphatic carbocycles. The molecule has 3 heterocycles. The average molecular weight is 576 g/mol. The smallest absolute Gasteiger partial charge is 0.324 e. The zero-order valence-electron chi connectivity index (χ0n) is 24.5. The number of esters is 1. The highest BCUT2D eigenvalue weighted by Crippen LogP contribution is 2.27. The summed E-state index contributed by atoms with van der Waals surface area (Å²) in [6.45, 7) is 11.5. The summed E-state index contributed by atoms with van der Waals surface area (Å²) in [6, 6.07) is 18.4. The second-order valence-electron chi connectivity index (χ2n) is 11.5. The van der Waals surface area contributed by atoms with Crippen molar-refractivity contribution in [2.24, 2.45) is 5.41 Å². The zero-order chi connectivity index (χ0) is 29.5. The van der Waals surface area contributed by atoms with Gasteiger partial charge in [0.25, 0.3) is 0 Å². The quantitative estimate of drug-likeness (QED) is 0.106. The van der Waals surface area contributed by atoms with Crippen LogP contribution in [0.15, 0.2) is 67.0 Å². The predicted molar refractivity (Wildman–Crippen MR) is 158 cm³/mol. The van der Waals surface area contributed by atoms with E-state index in [9.17, 15) is 4.79 Å². The van der Waals surface area contributed by atoms with Crippen molar-refractivity contribution < 1.29 is 23.7 Å². The minimum Gasteiger partial charge on any atom is -0.476 e. The third-order valence-electron chi connectivity index (χ3n) is 6.21. The van der Waals surface area contributed by atoms with Crippen molar-refractivity contribution in [3.63, 3.8) is 0 Å². The maximum absolute atomic E-state index is 11.9. The average Bonchev–Trinajstić information content (AvgIpc) is 3.36. The van der Waals surface area contributed by atoms with Crippen molar-refractivity contribution in [3.05, 3.63) is 67.0 Å². The largest absolute Gasteiger partial charge is 0.476 e. The van der Waals surface area contributed by atoms with Gasteiger partial charge in [0.2, 0.25) is 11.8 Å². The second-order valence-corrected chi connectivity index (χ2v) is 17.1. The van der Waals surface area contributed by atoms with E-state index in [4.69, 9.17) is 18.9 Å². The van der Waals surface area contributed by atoms with Crippen LogP contribution in [0.3, 0.4) is 0 Å². The molecule has 41 heavy (non-hydrogen) atoms. The van der Waals surface area contributed by atoms with Crippen molar-refractivity contribution in [1.82, 2.24) is 24.7 Å². The summed E-state index contributed by atoms with van der Waals surface area (Å²) >= 11 is 0. The van der Waals surface area contributed by atoms with Gasteiger partial charge in [-0.15, -0.1) is 5.10 Å². The van der Waals surface area contributed by atoms with E-state index >= 15 is 0 Å². The van der Waals surface area contributed by atoms with E-state index in [0.29, 0.717) is 30.2 Å². The normalized spacial score (nSPS) is 11.8. The molecule has 0 fully saturated rings. The molecular weight excluding hydrogens is 538 g/mol. The molecular formula is C30H37N5O5Si. The molecule has 0 saturated carbocycles. The number of hydrogen-bond acceptors (Lipinski definition) is 9. The standard InChI is InChI=1S/C30H37N5O5Si/c1-30(2,28(36)37-3)20-39-25-15-14-24(19-32-25)22-10-12-23(13-11-22)27-33-29(40-26-9-7-8-16-31-26)35(34-27)21-38-17-18-41(4,5)6/h7-16,19H,17-18,20-21H2,1-6H3. The van der Waals surface area contributed by atoms with Crippen molar-refractivity contribution in [1.29, 1.82) is 0 Å². The fourth-order valence-electron chi connectivity index (χ4n) is 3.68. The number of benzene rings is 1. The maximum Gasteiger partial charge on any atom is 0.324 e. The van der Waals surface area contributed by atoms with Gasteiger partial charge in [0.05, 0.1) is 12.5 Å². The molecule has 0 saturated heterocycles. The summed E-state index contributed by atoms with van der Waals surface area (Å²) < 4.78 is 24.0. The molecule has 0 atom stereocenters. The molecule has 0 amide bonds. The third kappa shape index (κ3) is 8.45. The van der Waals surface area contributed by atoms with Gasteiger partial charge in [-0.3, -0.25) is 4.79 Å². The van der Waals surface area contributed by atoms with Crippen LogP contribution in [0.1, 0.15) is 13.8 Å². The second kappa shape index (κ2) is 13.0. The number of nitrogens with zero attached hydrogens (tertiary/aromatic N) is 5. The lowest BCUT2D eigenvalue weighted by molar-refractivity contribution is -0.152. The summed E-state index contributed by atoms with van der Waals surface area (Å²) in [5.74, 6) is 1.05. The van der Waals surface area contributed by atoms with Gasteiger partial charge in [0, 0.05) is 50.3 Å². The van der Waals surface area contributed by atoms with E-state index in [1.54, 1.807) is 43.1 Å². The highest BCUT2D eigenvalue weighted by atomic mass is 28.3. The summed E-state index contributed by atoms with van der Waals surface area (Å²) in [4.78, 5) is 25.1. The molecule has 4 aromatic rings. The Hall–Kier alpha value is -4.09. The highest BCUT2D eigenvalue weighted by Gasteiger charge is 2.30. The molecule has 216 valence electrons. The first kappa shape index (κ1) is 29.9. The highest BCUT2D eigenvalue weighted by molar-refractivity contribution is 6.76. The van der Waals surface area contributed by atoms with Crippen molar-refractivity contribution in [3.8, 4) is 40.3 Å². The SMILES string of the molecule is COC(=O)C(C)(C)COc1ccc(-c2ccc(-c3nc(Oc4ccccn4)n(COCC[Si](C)(C)C)n3)cc2)cn1. The number of carbonyl (C=O) groups is 1. The number of hydrogen-bond donors (Lipinski definition) is 0. The van der Waals surface area contributed by atoms with E-state index < -0.39 is 13.5 Å². The van der Waals surface area contributed by atoms with Crippen LogP contribution in [0.25, 0.3) is 22.5 Å². The maximum atomic E-state index is 11.9. The summed E-state index contributed by atoms with van der Waals surface area (Å²) in [5, 5.41) is 4.66. The molecule has 10 nitrogen and oxygen atoms in total. The molecule has 0 unspecified atom stereocenters. The topological polar surface area (TPSA) is 110 Å². The Morgan fingerprint density at radius 1 is 0.927 bits per heavy atom. The molecule has 0 spiro atoms. The van der Waals surface area contributed by atoms with Crippen LogP contribution in [0, 0.1) is 5.41 Å². The molecule has 0 bridgehead atoms. The van der Waals surface area contributed by atoms with E-state index in [1.807, 2.05) is 42.5 Å². The van der Waals surface area contributed by atoms with Crippen LogP contribution >= 0.6 is 0 Å².